The monoisotopic (exact) mass is 324 g/mol. The van der Waals surface area contributed by atoms with Gasteiger partial charge in [-0.25, -0.2) is 0 Å². The van der Waals surface area contributed by atoms with Crippen molar-refractivity contribution in [3.8, 4) is 0 Å². The zero-order chi connectivity index (χ0) is 13.8. The second-order valence-corrected chi connectivity index (χ2v) is 4.98. The van der Waals surface area contributed by atoms with Crippen LogP contribution in [0.15, 0.2) is 45.3 Å². The lowest BCUT2D eigenvalue weighted by Gasteiger charge is -2.14. The van der Waals surface area contributed by atoms with Crippen LogP contribution in [0.1, 0.15) is 24.3 Å². The fraction of sp³-hybridized carbons (Fsp3) is 0.231. The number of halogens is 1. The Balaban J connectivity index is 1.98. The molecule has 2 aromatic rings. The van der Waals surface area contributed by atoms with Crippen LogP contribution in [-0.2, 0) is 6.54 Å². The minimum Gasteiger partial charge on any atom is -0.404 e. The molecule has 0 saturated heterocycles. The van der Waals surface area contributed by atoms with Gasteiger partial charge in [-0.1, -0.05) is 34.1 Å². The predicted molar refractivity (Wildman–Crippen MR) is 74.8 cm³/mol. The van der Waals surface area contributed by atoms with Crippen molar-refractivity contribution in [2.24, 2.45) is 0 Å². The molecule has 100 valence electrons. The highest BCUT2D eigenvalue weighted by Gasteiger charge is 2.13. The third-order valence-electron chi connectivity index (χ3n) is 2.78. The number of nitrogens with one attached hydrogen (secondary N) is 1. The van der Waals surface area contributed by atoms with Crippen molar-refractivity contribution in [3.05, 3.63) is 62.3 Å². The lowest BCUT2D eigenvalue weighted by atomic mass is 10.1. The SMILES string of the molecule is C[C@@H](NCc1ccc([N+](=O)[O-])o1)c1ccccc1Br. The van der Waals surface area contributed by atoms with E-state index in [2.05, 4.69) is 21.2 Å². The van der Waals surface area contributed by atoms with Gasteiger partial charge in [-0.05, 0) is 24.6 Å². The molecule has 6 heteroatoms. The number of furan rings is 1. The van der Waals surface area contributed by atoms with Crippen LogP contribution >= 0.6 is 15.9 Å². The Kier molecular flexibility index (Phi) is 4.34. The van der Waals surface area contributed by atoms with Crippen molar-refractivity contribution < 1.29 is 9.34 Å². The number of hydrogen-bond acceptors (Lipinski definition) is 4. The Morgan fingerprint density at radius 1 is 1.37 bits per heavy atom. The summed E-state index contributed by atoms with van der Waals surface area (Å²) >= 11 is 3.49. The molecule has 2 rings (SSSR count). The summed E-state index contributed by atoms with van der Waals surface area (Å²) in [6.07, 6.45) is 0. The van der Waals surface area contributed by atoms with Gasteiger partial charge in [0.25, 0.3) is 0 Å². The van der Waals surface area contributed by atoms with Crippen LogP contribution in [0.25, 0.3) is 0 Å². The van der Waals surface area contributed by atoms with Crippen molar-refractivity contribution >= 4 is 21.8 Å². The standard InChI is InChI=1S/C13H13BrN2O3/c1-9(11-4-2-3-5-12(11)14)15-8-10-6-7-13(19-10)16(17)18/h2-7,9,15H,8H2,1H3/t9-/m1/s1. The highest BCUT2D eigenvalue weighted by atomic mass is 79.9. The summed E-state index contributed by atoms with van der Waals surface area (Å²) in [7, 11) is 0. The van der Waals surface area contributed by atoms with Gasteiger partial charge in [0.15, 0.2) is 0 Å². The molecule has 19 heavy (non-hydrogen) atoms. The van der Waals surface area contributed by atoms with E-state index in [4.69, 9.17) is 4.42 Å². The molecule has 1 aromatic carbocycles. The van der Waals surface area contributed by atoms with Gasteiger partial charge >= 0.3 is 5.88 Å². The first-order chi connectivity index (χ1) is 9.08. The van der Waals surface area contributed by atoms with Crippen LogP contribution in [-0.4, -0.2) is 4.92 Å². The van der Waals surface area contributed by atoms with Gasteiger partial charge in [-0.3, -0.25) is 10.1 Å². The zero-order valence-corrected chi connectivity index (χ0v) is 11.9. The summed E-state index contributed by atoms with van der Waals surface area (Å²) in [4.78, 5) is 9.96. The molecule has 1 atom stereocenters. The number of nitro groups is 1. The quantitative estimate of drug-likeness (QED) is 0.670. The maximum atomic E-state index is 10.5. The first kappa shape index (κ1) is 13.8. The van der Waals surface area contributed by atoms with Crippen LogP contribution in [0.4, 0.5) is 5.88 Å². The van der Waals surface area contributed by atoms with E-state index in [9.17, 15) is 10.1 Å². The third-order valence-corrected chi connectivity index (χ3v) is 3.50. The van der Waals surface area contributed by atoms with Crippen LogP contribution in [0.3, 0.4) is 0 Å². The van der Waals surface area contributed by atoms with Gasteiger partial charge in [0, 0.05) is 10.5 Å². The van der Waals surface area contributed by atoms with E-state index in [1.807, 2.05) is 31.2 Å². The second-order valence-electron chi connectivity index (χ2n) is 4.12. The summed E-state index contributed by atoms with van der Waals surface area (Å²) < 4.78 is 6.12. The first-order valence-electron chi connectivity index (χ1n) is 5.79. The van der Waals surface area contributed by atoms with Crippen molar-refractivity contribution in [3.63, 3.8) is 0 Å². The van der Waals surface area contributed by atoms with Gasteiger partial charge in [-0.15, -0.1) is 0 Å². The smallest absolute Gasteiger partial charge is 0.404 e. The molecule has 0 radical (unpaired) electrons. The largest absolute Gasteiger partial charge is 0.433 e. The normalized spacial score (nSPS) is 12.3. The number of rotatable bonds is 5. The number of benzene rings is 1. The Labute approximate surface area is 118 Å². The molecule has 0 fully saturated rings. The van der Waals surface area contributed by atoms with E-state index in [0.717, 1.165) is 10.0 Å². The van der Waals surface area contributed by atoms with Gasteiger partial charge in [-0.2, -0.15) is 0 Å². The fourth-order valence-electron chi connectivity index (χ4n) is 1.75. The Bertz CT molecular complexity index is 583. The van der Waals surface area contributed by atoms with Crippen LogP contribution in [0, 0.1) is 10.1 Å². The van der Waals surface area contributed by atoms with Crippen molar-refractivity contribution in [2.75, 3.05) is 0 Å². The molecular formula is C13H13BrN2O3. The van der Waals surface area contributed by atoms with Crippen molar-refractivity contribution in [2.45, 2.75) is 19.5 Å². The topological polar surface area (TPSA) is 68.3 Å². The molecule has 0 aliphatic carbocycles. The molecule has 0 spiro atoms. The lowest BCUT2D eigenvalue weighted by Crippen LogP contribution is -2.18. The average Bonchev–Trinajstić information content (AvgIpc) is 2.85. The molecule has 0 aliphatic heterocycles. The van der Waals surface area contributed by atoms with E-state index < -0.39 is 4.92 Å². The average molecular weight is 325 g/mol. The van der Waals surface area contributed by atoms with Gasteiger partial charge in [0.05, 0.1) is 12.6 Å². The molecule has 5 nitrogen and oxygen atoms in total. The molecule has 1 N–H and O–H groups in total. The highest BCUT2D eigenvalue weighted by molar-refractivity contribution is 9.10. The molecule has 0 bridgehead atoms. The molecule has 1 aromatic heterocycles. The second kappa shape index (κ2) is 5.99. The van der Waals surface area contributed by atoms with Crippen LogP contribution < -0.4 is 5.32 Å². The van der Waals surface area contributed by atoms with Crippen molar-refractivity contribution in [1.82, 2.24) is 5.32 Å². The first-order valence-corrected chi connectivity index (χ1v) is 6.58. The molecule has 0 amide bonds. The minimum absolute atomic E-state index is 0.111. The van der Waals surface area contributed by atoms with Crippen LogP contribution in [0.2, 0.25) is 0 Å². The maximum absolute atomic E-state index is 10.5. The predicted octanol–water partition coefficient (Wildman–Crippen LogP) is 3.80. The van der Waals surface area contributed by atoms with Crippen molar-refractivity contribution in [1.29, 1.82) is 0 Å². The van der Waals surface area contributed by atoms with Gasteiger partial charge in [0.2, 0.25) is 0 Å². The lowest BCUT2D eigenvalue weighted by molar-refractivity contribution is -0.402. The van der Waals surface area contributed by atoms with E-state index in [-0.39, 0.29) is 11.9 Å². The molecule has 0 saturated carbocycles. The van der Waals surface area contributed by atoms with E-state index in [1.165, 1.54) is 6.07 Å². The Morgan fingerprint density at radius 2 is 2.11 bits per heavy atom. The highest BCUT2D eigenvalue weighted by Crippen LogP contribution is 2.23. The summed E-state index contributed by atoms with van der Waals surface area (Å²) in [5.41, 5.74) is 1.13. The fourth-order valence-corrected chi connectivity index (χ4v) is 2.38. The summed E-state index contributed by atoms with van der Waals surface area (Å²) in [5.74, 6) is 0.316. The molecule has 1 heterocycles. The molecule has 0 unspecified atom stereocenters. The minimum atomic E-state index is -0.541. The maximum Gasteiger partial charge on any atom is 0.433 e. The summed E-state index contributed by atoms with van der Waals surface area (Å²) in [5, 5.41) is 13.8. The molecular weight excluding hydrogens is 312 g/mol. The summed E-state index contributed by atoms with van der Waals surface area (Å²) in [6, 6.07) is 11.0. The van der Waals surface area contributed by atoms with E-state index >= 15 is 0 Å². The number of nitrogens with zero attached hydrogens (tertiary/aromatic N) is 1. The van der Waals surface area contributed by atoms with Gasteiger partial charge < -0.3 is 9.73 Å². The Hall–Kier alpha value is -1.66. The molecule has 0 aliphatic rings. The zero-order valence-electron chi connectivity index (χ0n) is 10.3. The number of hydrogen-bond donors (Lipinski definition) is 1. The van der Waals surface area contributed by atoms with Crippen LogP contribution in [0.5, 0.6) is 0 Å². The Morgan fingerprint density at radius 3 is 2.74 bits per heavy atom. The third kappa shape index (κ3) is 3.42. The van der Waals surface area contributed by atoms with E-state index in [1.54, 1.807) is 6.07 Å². The van der Waals surface area contributed by atoms with Gasteiger partial charge in [0.1, 0.15) is 10.7 Å². The summed E-state index contributed by atoms with van der Waals surface area (Å²) in [6.45, 7) is 2.47. The van der Waals surface area contributed by atoms with E-state index in [0.29, 0.717) is 12.3 Å².